The molecule has 0 radical (unpaired) electrons. The van der Waals surface area contributed by atoms with Crippen LogP contribution in [-0.4, -0.2) is 22.2 Å². The Morgan fingerprint density at radius 3 is 1.67 bits per heavy atom. The molecule has 39 heavy (non-hydrogen) atoms. The molecule has 0 saturated heterocycles. The van der Waals surface area contributed by atoms with Crippen molar-refractivity contribution in [3.8, 4) is 113 Å². The average Bonchev–Trinajstić information content (AvgIpc) is 3.26. The van der Waals surface area contributed by atoms with Gasteiger partial charge >= 0.3 is 0 Å². The number of ketones is 1. The molecule has 0 amide bonds. The fourth-order valence-electron chi connectivity index (χ4n) is 2.28. The molecule has 4 N–H and O–H groups in total. The minimum Gasteiger partial charge on any atom is -0.461 e. The minimum absolute atomic E-state index is 0. The van der Waals surface area contributed by atoms with Gasteiger partial charge in [-0.3, -0.25) is 14.6 Å². The summed E-state index contributed by atoms with van der Waals surface area (Å²) in [6.07, 6.45) is 7.14. The van der Waals surface area contributed by atoms with Crippen LogP contribution in [0.3, 0.4) is 0 Å². The van der Waals surface area contributed by atoms with Gasteiger partial charge in [0.25, 0.3) is 0 Å². The van der Waals surface area contributed by atoms with Gasteiger partial charge in [0.2, 0.25) is 5.78 Å². The molecule has 1 aromatic heterocycles. The molecular formula is C33H14N2O4. The highest BCUT2D eigenvalue weighted by Gasteiger charge is 2.26. The van der Waals surface area contributed by atoms with Gasteiger partial charge < -0.3 is 16.0 Å². The number of hydrogen-bond acceptors (Lipinski definition) is 6. The summed E-state index contributed by atoms with van der Waals surface area (Å²) in [7, 11) is 0. The van der Waals surface area contributed by atoms with Gasteiger partial charge in [0.05, 0.1) is 5.56 Å². The number of aromatic nitrogens is 1. The lowest BCUT2D eigenvalue weighted by molar-refractivity contribution is -0.103. The molecule has 0 saturated carbocycles. The van der Waals surface area contributed by atoms with Crippen molar-refractivity contribution in [3.05, 3.63) is 65.7 Å². The number of rotatable bonds is 1. The first-order valence-corrected chi connectivity index (χ1v) is 10.3. The Balaban J connectivity index is 0.000000385. The Bertz CT molecular complexity index is 1830. The van der Waals surface area contributed by atoms with E-state index >= 15 is 0 Å². The lowest BCUT2D eigenvalue weighted by Gasteiger charge is -1.97. The molecule has 2 heterocycles. The topological polar surface area (TPSA) is 111 Å². The van der Waals surface area contributed by atoms with Crippen molar-refractivity contribution in [2.24, 2.45) is 0 Å². The van der Waals surface area contributed by atoms with E-state index in [1.165, 1.54) is 0 Å². The van der Waals surface area contributed by atoms with Crippen LogP contribution in [0, 0.1) is 107 Å². The lowest BCUT2D eigenvalue weighted by Crippen LogP contribution is -1.97. The number of para-hydroxylation sites is 1. The van der Waals surface area contributed by atoms with E-state index < -0.39 is 0 Å². The van der Waals surface area contributed by atoms with Crippen molar-refractivity contribution in [1.29, 1.82) is 0 Å². The van der Waals surface area contributed by atoms with Crippen LogP contribution in [0.2, 0.25) is 0 Å². The third kappa shape index (κ3) is 12.4. The standard InChI is InChI=1S/C19H2O2.C14H9NO2.H3N/c20-18-16-14-12-10-8-6-4-2-1-3-5-7-9-11-13-15-17-19-21;16-14-11-3-1-2-4-12(11)17-13(14)9-10-5-7-15-8-6-10;/h18,21H;1-9H;1H3/b;13-9-;. The highest BCUT2D eigenvalue weighted by atomic mass is 16.5. The van der Waals surface area contributed by atoms with Crippen LogP contribution >= 0.6 is 0 Å². The van der Waals surface area contributed by atoms with E-state index in [1.807, 2.05) is 24.3 Å². The van der Waals surface area contributed by atoms with Crippen LogP contribution in [0.5, 0.6) is 5.75 Å². The predicted octanol–water partition coefficient (Wildman–Crippen LogP) is 2.41. The van der Waals surface area contributed by atoms with Crippen LogP contribution in [0.1, 0.15) is 15.9 Å². The van der Waals surface area contributed by atoms with Crippen LogP contribution in [0.25, 0.3) is 6.08 Å². The first-order chi connectivity index (χ1) is 18.8. The number of ether oxygens (including phenoxy) is 1. The molecule has 0 atom stereocenters. The summed E-state index contributed by atoms with van der Waals surface area (Å²) >= 11 is 0. The zero-order valence-electron chi connectivity index (χ0n) is 20.1. The normalized spacial score (nSPS) is 9.03. The zero-order valence-corrected chi connectivity index (χ0v) is 20.1. The van der Waals surface area contributed by atoms with E-state index in [2.05, 4.69) is 106 Å². The fraction of sp³-hybridized carbons (Fsp3) is 0. The number of aliphatic hydroxyl groups is 1. The second-order valence-corrected chi connectivity index (χ2v) is 6.09. The smallest absolute Gasteiger partial charge is 0.231 e. The quantitative estimate of drug-likeness (QED) is 0.352. The predicted molar refractivity (Wildman–Crippen MR) is 147 cm³/mol. The minimum atomic E-state index is -0.0718. The van der Waals surface area contributed by atoms with Crippen molar-refractivity contribution in [2.75, 3.05) is 0 Å². The van der Waals surface area contributed by atoms with Crippen LogP contribution < -0.4 is 10.9 Å². The summed E-state index contributed by atoms with van der Waals surface area (Å²) < 4.78 is 5.51. The number of hydrogen-bond donors (Lipinski definition) is 2. The monoisotopic (exact) mass is 502 g/mol. The molecule has 0 bridgehead atoms. The average molecular weight is 502 g/mol. The number of nitrogens with zero attached hydrogens (tertiary/aromatic N) is 1. The number of pyridine rings is 1. The fourth-order valence-corrected chi connectivity index (χ4v) is 2.28. The maximum absolute atomic E-state index is 12.0. The molecule has 1 aliphatic heterocycles. The molecule has 2 aromatic rings. The largest absolute Gasteiger partial charge is 0.461 e. The van der Waals surface area contributed by atoms with Crippen molar-refractivity contribution < 1.29 is 19.4 Å². The van der Waals surface area contributed by atoms with E-state index in [0.29, 0.717) is 23.4 Å². The maximum atomic E-state index is 12.0. The van der Waals surface area contributed by atoms with Crippen molar-refractivity contribution in [3.63, 3.8) is 0 Å². The summed E-state index contributed by atoms with van der Waals surface area (Å²) in [4.78, 5) is 25.7. The second kappa shape index (κ2) is 19.4. The third-order valence-electron chi connectivity index (χ3n) is 3.70. The Morgan fingerprint density at radius 1 is 0.692 bits per heavy atom. The summed E-state index contributed by atoms with van der Waals surface area (Å²) in [5.74, 6) is 41.0. The Kier molecular flexibility index (Phi) is 14.9. The van der Waals surface area contributed by atoms with E-state index in [4.69, 9.17) is 9.84 Å². The second-order valence-electron chi connectivity index (χ2n) is 6.09. The van der Waals surface area contributed by atoms with Gasteiger partial charge in [-0.05, 0) is 89.2 Å². The molecule has 0 fully saturated rings. The molecule has 6 heteroatoms. The van der Waals surface area contributed by atoms with Gasteiger partial charge in [-0.2, -0.15) is 0 Å². The number of aldehydes is 1. The highest BCUT2D eigenvalue weighted by molar-refractivity contribution is 6.14. The lowest BCUT2D eigenvalue weighted by atomic mass is 10.1. The molecule has 1 aromatic carbocycles. The van der Waals surface area contributed by atoms with E-state index in [9.17, 15) is 9.59 Å². The maximum Gasteiger partial charge on any atom is 0.231 e. The zero-order chi connectivity index (χ0) is 27.1. The molecular weight excluding hydrogens is 488 g/mol. The van der Waals surface area contributed by atoms with Gasteiger partial charge in [-0.1, -0.05) is 12.1 Å². The summed E-state index contributed by atoms with van der Waals surface area (Å²) in [6, 6.07) is 10.9. The number of fused-ring (bicyclic) bond motifs is 1. The number of benzene rings is 1. The van der Waals surface area contributed by atoms with Crippen molar-refractivity contribution in [1.82, 2.24) is 11.1 Å². The van der Waals surface area contributed by atoms with Crippen LogP contribution in [0.15, 0.2) is 54.6 Å². The number of carbonyl (C=O) groups is 2. The molecule has 0 unspecified atom stereocenters. The van der Waals surface area contributed by atoms with E-state index in [0.717, 1.165) is 5.56 Å². The summed E-state index contributed by atoms with van der Waals surface area (Å²) in [5.41, 5.74) is 1.52. The number of Topliss-reactive ketones (excluding diaryl/α,β-unsaturated/α-hetero) is 1. The van der Waals surface area contributed by atoms with E-state index in [1.54, 1.807) is 36.7 Å². The molecule has 0 spiro atoms. The SMILES string of the molecule is N.O=C1/C(=C/c2ccncc2)Oc2ccccc21.O=CC#CC#CC#CC#CC#CC#CC#CC#CC#CO. The Labute approximate surface area is 226 Å². The number of allylic oxidation sites excluding steroid dienone is 1. The van der Waals surface area contributed by atoms with Gasteiger partial charge in [0.1, 0.15) is 11.9 Å². The Morgan fingerprint density at radius 2 is 1.18 bits per heavy atom. The first kappa shape index (κ1) is 30.1. The van der Waals surface area contributed by atoms with Crippen molar-refractivity contribution in [2.45, 2.75) is 0 Å². The first-order valence-electron chi connectivity index (χ1n) is 10.3. The molecule has 1 aliphatic rings. The molecule has 3 rings (SSSR count). The number of carbonyl (C=O) groups excluding carboxylic acids is 2. The summed E-state index contributed by atoms with van der Waals surface area (Å²) in [5, 5.41) is 8.09. The van der Waals surface area contributed by atoms with E-state index in [-0.39, 0.29) is 11.9 Å². The van der Waals surface area contributed by atoms with Crippen LogP contribution in [-0.2, 0) is 4.79 Å². The summed E-state index contributed by atoms with van der Waals surface area (Å²) in [6.45, 7) is 0. The molecule has 6 nitrogen and oxygen atoms in total. The van der Waals surface area contributed by atoms with Crippen LogP contribution in [0.4, 0.5) is 0 Å². The van der Waals surface area contributed by atoms with Gasteiger partial charge in [0, 0.05) is 59.8 Å². The number of aliphatic hydroxyl groups excluding tert-OH is 1. The van der Waals surface area contributed by atoms with Gasteiger partial charge in [0.15, 0.2) is 12.0 Å². The van der Waals surface area contributed by atoms with Gasteiger partial charge in [-0.25, -0.2) is 0 Å². The molecule has 0 aliphatic carbocycles. The Hall–Kier alpha value is -6.95. The van der Waals surface area contributed by atoms with Crippen molar-refractivity contribution >= 4 is 18.1 Å². The third-order valence-corrected chi connectivity index (χ3v) is 3.70. The highest BCUT2D eigenvalue weighted by Crippen LogP contribution is 2.31. The molecule has 180 valence electrons. The van der Waals surface area contributed by atoms with Gasteiger partial charge in [-0.15, -0.1) is 0 Å².